The van der Waals surface area contributed by atoms with Gasteiger partial charge in [0.1, 0.15) is 5.75 Å². The molecule has 0 unspecified atom stereocenters. The number of phenols is 1. The predicted octanol–water partition coefficient (Wildman–Crippen LogP) is 3.52. The summed E-state index contributed by atoms with van der Waals surface area (Å²) in [5.41, 5.74) is 3.33. The molecule has 2 aromatic rings. The van der Waals surface area contributed by atoms with Gasteiger partial charge >= 0.3 is 0 Å². The lowest BCUT2D eigenvalue weighted by molar-refractivity contribution is 0.102. The molecular formula is C16H17NO2. The van der Waals surface area contributed by atoms with Gasteiger partial charge < -0.3 is 10.4 Å². The summed E-state index contributed by atoms with van der Waals surface area (Å²) in [6, 6.07) is 12.5. The number of nitrogens with one attached hydrogen (secondary N) is 1. The maximum Gasteiger partial charge on any atom is 0.255 e. The minimum atomic E-state index is -0.165. The number of hydrogen-bond donors (Lipinski definition) is 2. The Balaban J connectivity index is 2.15. The van der Waals surface area contributed by atoms with E-state index < -0.39 is 0 Å². The van der Waals surface area contributed by atoms with Crippen LogP contribution >= 0.6 is 0 Å². The maximum absolute atomic E-state index is 12.1. The fourth-order valence-electron chi connectivity index (χ4n) is 1.92. The normalized spacial score (nSPS) is 10.2. The Labute approximate surface area is 112 Å². The Hall–Kier alpha value is -2.29. The zero-order chi connectivity index (χ0) is 13.8. The van der Waals surface area contributed by atoms with Crippen LogP contribution in [0.4, 0.5) is 5.69 Å². The zero-order valence-electron chi connectivity index (χ0n) is 11.1. The van der Waals surface area contributed by atoms with Gasteiger partial charge in [-0.2, -0.15) is 0 Å². The molecule has 0 bridgehead atoms. The molecule has 0 saturated carbocycles. The molecule has 0 fully saturated rings. The fourth-order valence-corrected chi connectivity index (χ4v) is 1.92. The van der Waals surface area contributed by atoms with E-state index in [1.807, 2.05) is 24.3 Å². The first-order valence-electron chi connectivity index (χ1n) is 6.30. The molecular weight excluding hydrogens is 238 g/mol. The molecule has 0 aliphatic carbocycles. The van der Waals surface area contributed by atoms with Crippen LogP contribution < -0.4 is 5.32 Å². The fraction of sp³-hybridized carbons (Fsp3) is 0.188. The number of rotatable bonds is 3. The summed E-state index contributed by atoms with van der Waals surface area (Å²) in [5, 5.41) is 12.2. The van der Waals surface area contributed by atoms with Crippen LogP contribution in [-0.4, -0.2) is 11.0 Å². The monoisotopic (exact) mass is 255 g/mol. The number of anilines is 1. The maximum atomic E-state index is 12.1. The second-order valence-corrected chi connectivity index (χ2v) is 4.50. The van der Waals surface area contributed by atoms with Crippen LogP contribution in [0.2, 0.25) is 0 Å². The highest BCUT2D eigenvalue weighted by atomic mass is 16.3. The van der Waals surface area contributed by atoms with Gasteiger partial charge in [0.25, 0.3) is 5.91 Å². The highest BCUT2D eigenvalue weighted by Gasteiger charge is 2.09. The molecule has 0 atom stereocenters. The van der Waals surface area contributed by atoms with E-state index in [-0.39, 0.29) is 11.7 Å². The smallest absolute Gasteiger partial charge is 0.255 e. The topological polar surface area (TPSA) is 49.3 Å². The summed E-state index contributed by atoms with van der Waals surface area (Å²) >= 11 is 0. The molecule has 0 radical (unpaired) electrons. The summed E-state index contributed by atoms with van der Waals surface area (Å²) in [7, 11) is 0. The highest BCUT2D eigenvalue weighted by Crippen LogP contribution is 2.17. The Morgan fingerprint density at radius 2 is 1.84 bits per heavy atom. The van der Waals surface area contributed by atoms with Crippen molar-refractivity contribution in [2.45, 2.75) is 20.3 Å². The molecule has 0 aromatic heterocycles. The van der Waals surface area contributed by atoms with Crippen LogP contribution in [-0.2, 0) is 6.42 Å². The molecule has 0 aliphatic heterocycles. The first kappa shape index (κ1) is 13.1. The molecule has 0 heterocycles. The average Bonchev–Trinajstić information content (AvgIpc) is 2.39. The first-order valence-corrected chi connectivity index (χ1v) is 6.30. The van der Waals surface area contributed by atoms with Gasteiger partial charge in [-0.1, -0.05) is 19.1 Å². The molecule has 3 nitrogen and oxygen atoms in total. The van der Waals surface area contributed by atoms with Crippen molar-refractivity contribution in [1.82, 2.24) is 0 Å². The van der Waals surface area contributed by atoms with Crippen LogP contribution in [0.5, 0.6) is 5.75 Å². The van der Waals surface area contributed by atoms with Gasteiger partial charge in [-0.15, -0.1) is 0 Å². The van der Waals surface area contributed by atoms with Crippen molar-refractivity contribution >= 4 is 11.6 Å². The third-order valence-electron chi connectivity index (χ3n) is 3.07. The van der Waals surface area contributed by atoms with Crippen molar-refractivity contribution in [3.63, 3.8) is 0 Å². The van der Waals surface area contributed by atoms with E-state index >= 15 is 0 Å². The lowest BCUT2D eigenvalue weighted by Crippen LogP contribution is -2.13. The van der Waals surface area contributed by atoms with E-state index in [9.17, 15) is 9.90 Å². The van der Waals surface area contributed by atoms with Gasteiger partial charge in [-0.3, -0.25) is 4.79 Å². The number of aromatic hydroxyl groups is 1. The number of carbonyl (C=O) groups excluding carboxylic acids is 1. The minimum absolute atomic E-state index is 0.165. The third kappa shape index (κ3) is 3.13. The number of amides is 1. The van der Waals surface area contributed by atoms with Gasteiger partial charge in [-0.25, -0.2) is 0 Å². The Morgan fingerprint density at radius 3 is 2.42 bits per heavy atom. The molecule has 3 heteroatoms. The number of hydrogen-bond acceptors (Lipinski definition) is 2. The Bertz CT molecular complexity index is 588. The van der Waals surface area contributed by atoms with Crippen molar-refractivity contribution < 1.29 is 9.90 Å². The third-order valence-corrected chi connectivity index (χ3v) is 3.07. The summed E-state index contributed by atoms with van der Waals surface area (Å²) in [6.45, 7) is 3.89. The lowest BCUT2D eigenvalue weighted by atomic mass is 10.1. The van der Waals surface area contributed by atoms with Gasteiger partial charge in [0.05, 0.1) is 0 Å². The predicted molar refractivity (Wildman–Crippen MR) is 76.6 cm³/mol. The first-order chi connectivity index (χ1) is 9.10. The van der Waals surface area contributed by atoms with E-state index in [4.69, 9.17) is 0 Å². The Kier molecular flexibility index (Phi) is 3.85. The van der Waals surface area contributed by atoms with Gasteiger partial charge in [0.15, 0.2) is 0 Å². The summed E-state index contributed by atoms with van der Waals surface area (Å²) in [4.78, 5) is 12.1. The molecule has 98 valence electrons. The van der Waals surface area contributed by atoms with E-state index in [0.717, 1.165) is 17.7 Å². The Morgan fingerprint density at radius 1 is 1.16 bits per heavy atom. The van der Waals surface area contributed by atoms with Crippen molar-refractivity contribution in [1.29, 1.82) is 0 Å². The van der Waals surface area contributed by atoms with Gasteiger partial charge in [0, 0.05) is 11.3 Å². The van der Waals surface area contributed by atoms with Gasteiger partial charge in [0.2, 0.25) is 0 Å². The van der Waals surface area contributed by atoms with E-state index in [0.29, 0.717) is 5.56 Å². The van der Waals surface area contributed by atoms with Crippen molar-refractivity contribution in [3.8, 4) is 5.75 Å². The lowest BCUT2D eigenvalue weighted by Gasteiger charge is -2.08. The van der Waals surface area contributed by atoms with Crippen LogP contribution in [0, 0.1) is 6.92 Å². The number of aryl methyl sites for hydroxylation is 2. The van der Waals surface area contributed by atoms with Crippen molar-refractivity contribution in [2.75, 3.05) is 5.32 Å². The SMILES string of the molecule is CCc1ccc(NC(=O)c2ccc(O)cc2C)cc1. The molecule has 2 aromatic carbocycles. The largest absolute Gasteiger partial charge is 0.508 e. The highest BCUT2D eigenvalue weighted by molar-refractivity contribution is 6.05. The number of phenolic OH excluding ortho intramolecular Hbond substituents is 1. The minimum Gasteiger partial charge on any atom is -0.508 e. The van der Waals surface area contributed by atoms with Gasteiger partial charge in [-0.05, 0) is 54.8 Å². The molecule has 2 N–H and O–H groups in total. The van der Waals surface area contributed by atoms with E-state index in [2.05, 4.69) is 12.2 Å². The molecule has 0 aliphatic rings. The summed E-state index contributed by atoms with van der Waals surface area (Å²) < 4.78 is 0. The molecule has 0 saturated heterocycles. The summed E-state index contributed by atoms with van der Waals surface area (Å²) in [5.74, 6) is 0.00287. The standard InChI is InChI=1S/C16H17NO2/c1-3-12-4-6-13(7-5-12)17-16(19)15-9-8-14(18)10-11(15)2/h4-10,18H,3H2,1-2H3,(H,17,19). The second kappa shape index (κ2) is 5.57. The molecule has 2 rings (SSSR count). The van der Waals surface area contributed by atoms with Crippen LogP contribution in [0.3, 0.4) is 0 Å². The van der Waals surface area contributed by atoms with E-state index in [1.165, 1.54) is 11.6 Å². The summed E-state index contributed by atoms with van der Waals surface area (Å²) in [6.07, 6.45) is 0.977. The molecule has 1 amide bonds. The van der Waals surface area contributed by atoms with Crippen molar-refractivity contribution in [2.24, 2.45) is 0 Å². The quantitative estimate of drug-likeness (QED) is 0.881. The van der Waals surface area contributed by atoms with Crippen LogP contribution in [0.25, 0.3) is 0 Å². The molecule has 19 heavy (non-hydrogen) atoms. The van der Waals surface area contributed by atoms with Crippen LogP contribution in [0.1, 0.15) is 28.4 Å². The number of benzene rings is 2. The van der Waals surface area contributed by atoms with Crippen molar-refractivity contribution in [3.05, 3.63) is 59.2 Å². The average molecular weight is 255 g/mol. The molecule has 0 spiro atoms. The van der Waals surface area contributed by atoms with Crippen LogP contribution in [0.15, 0.2) is 42.5 Å². The van der Waals surface area contributed by atoms with E-state index in [1.54, 1.807) is 19.1 Å². The zero-order valence-corrected chi connectivity index (χ0v) is 11.1. The number of carbonyl (C=O) groups is 1. The second-order valence-electron chi connectivity index (χ2n) is 4.50.